The summed E-state index contributed by atoms with van der Waals surface area (Å²) < 4.78 is 0. The molecule has 2 aliphatic heterocycles. The number of likely N-dealkylation sites (tertiary alicyclic amines) is 1. The molecule has 2 aromatic carbocycles. The van der Waals surface area contributed by atoms with Crippen molar-refractivity contribution < 1.29 is 0 Å². The molecule has 2 aliphatic rings. The zero-order valence-electron chi connectivity index (χ0n) is 19.9. The molecule has 2 aromatic heterocycles. The summed E-state index contributed by atoms with van der Waals surface area (Å²) >= 11 is 1.82. The molecule has 0 atom stereocenters. The largest absolute Gasteiger partial charge is 0.331 e. The minimum atomic E-state index is 0.204. The van der Waals surface area contributed by atoms with Crippen molar-refractivity contribution in [2.24, 2.45) is 0 Å². The molecule has 1 spiro atoms. The fourth-order valence-electron chi connectivity index (χ4n) is 5.62. The van der Waals surface area contributed by atoms with Gasteiger partial charge in [-0.1, -0.05) is 65.9 Å². The molecular formula is C29H30N4S. The van der Waals surface area contributed by atoms with Gasteiger partial charge in [-0.15, -0.1) is 0 Å². The molecule has 172 valence electrons. The number of benzene rings is 2. The van der Waals surface area contributed by atoms with Crippen LogP contribution in [-0.2, 0) is 12.0 Å². The Morgan fingerprint density at radius 1 is 0.912 bits per heavy atom. The lowest BCUT2D eigenvalue weighted by Gasteiger charge is -2.40. The summed E-state index contributed by atoms with van der Waals surface area (Å²) in [7, 11) is 0. The highest BCUT2D eigenvalue weighted by molar-refractivity contribution is 7.19. The van der Waals surface area contributed by atoms with Crippen LogP contribution in [0.5, 0.6) is 0 Å². The number of pyridine rings is 1. The standard InChI is InChI=1S/C29H30N4S/c1-21-9-8-16-30-25(21)19-32-17-14-29(15-18-32)20-33(26-13-7-6-12-24(26)29)28-22(2)31-27(34-28)23-10-4-3-5-11-23/h3-13,16H,14-15,17-20H2,1-2H3. The van der Waals surface area contributed by atoms with Crippen molar-refractivity contribution >= 4 is 22.0 Å². The van der Waals surface area contributed by atoms with Crippen molar-refractivity contribution in [3.63, 3.8) is 0 Å². The van der Waals surface area contributed by atoms with Gasteiger partial charge in [-0.05, 0) is 63.0 Å². The first-order valence-electron chi connectivity index (χ1n) is 12.2. The molecule has 0 saturated carbocycles. The average molecular weight is 467 g/mol. The molecule has 4 nitrogen and oxygen atoms in total. The summed E-state index contributed by atoms with van der Waals surface area (Å²) in [6.07, 6.45) is 4.27. The second kappa shape index (κ2) is 8.64. The minimum absolute atomic E-state index is 0.204. The summed E-state index contributed by atoms with van der Waals surface area (Å²) in [4.78, 5) is 14.7. The Labute approximate surface area is 205 Å². The van der Waals surface area contributed by atoms with E-state index in [4.69, 9.17) is 4.98 Å². The van der Waals surface area contributed by atoms with Crippen molar-refractivity contribution in [3.05, 3.63) is 95.4 Å². The van der Waals surface area contributed by atoms with Crippen LogP contribution in [0.1, 0.15) is 35.4 Å². The van der Waals surface area contributed by atoms with Gasteiger partial charge >= 0.3 is 0 Å². The van der Waals surface area contributed by atoms with Crippen LogP contribution < -0.4 is 4.90 Å². The van der Waals surface area contributed by atoms with E-state index in [2.05, 4.69) is 89.3 Å². The summed E-state index contributed by atoms with van der Waals surface area (Å²) in [5.74, 6) is 0. The molecule has 0 N–H and O–H groups in total. The number of anilines is 2. The van der Waals surface area contributed by atoms with E-state index < -0.39 is 0 Å². The number of aryl methyl sites for hydroxylation is 2. The first-order valence-corrected chi connectivity index (χ1v) is 13.0. The van der Waals surface area contributed by atoms with Crippen LogP contribution in [0.2, 0.25) is 0 Å². The van der Waals surface area contributed by atoms with Gasteiger partial charge in [0.2, 0.25) is 0 Å². The quantitative estimate of drug-likeness (QED) is 0.343. The molecule has 1 fully saturated rings. The highest BCUT2D eigenvalue weighted by Crippen LogP contribution is 2.51. The Hall–Kier alpha value is -3.02. The molecule has 0 aliphatic carbocycles. The van der Waals surface area contributed by atoms with Crippen LogP contribution in [0.3, 0.4) is 0 Å². The number of aromatic nitrogens is 2. The highest BCUT2D eigenvalue weighted by Gasteiger charge is 2.45. The molecule has 5 heteroatoms. The highest BCUT2D eigenvalue weighted by atomic mass is 32.1. The number of thiazole rings is 1. The van der Waals surface area contributed by atoms with Crippen LogP contribution in [0.4, 0.5) is 10.7 Å². The monoisotopic (exact) mass is 466 g/mol. The lowest BCUT2D eigenvalue weighted by molar-refractivity contribution is 0.159. The molecular weight excluding hydrogens is 436 g/mol. The third-order valence-electron chi connectivity index (χ3n) is 7.57. The van der Waals surface area contributed by atoms with Crippen molar-refractivity contribution in [1.29, 1.82) is 0 Å². The summed E-state index contributed by atoms with van der Waals surface area (Å²) in [6.45, 7) is 8.52. The molecule has 6 rings (SSSR count). The zero-order valence-corrected chi connectivity index (χ0v) is 20.7. The predicted molar refractivity (Wildman–Crippen MR) is 141 cm³/mol. The number of fused-ring (bicyclic) bond motifs is 2. The number of para-hydroxylation sites is 1. The molecule has 4 heterocycles. The third-order valence-corrected chi connectivity index (χ3v) is 8.80. The second-order valence-electron chi connectivity index (χ2n) is 9.70. The van der Waals surface area contributed by atoms with Crippen molar-refractivity contribution in [2.75, 3.05) is 24.5 Å². The maximum atomic E-state index is 4.96. The minimum Gasteiger partial charge on any atom is -0.331 e. The van der Waals surface area contributed by atoms with E-state index in [1.807, 2.05) is 23.6 Å². The molecule has 4 aromatic rings. The van der Waals surface area contributed by atoms with Gasteiger partial charge in [0.05, 0.1) is 11.4 Å². The van der Waals surface area contributed by atoms with Crippen LogP contribution in [-0.4, -0.2) is 34.5 Å². The normalized spacial score (nSPS) is 17.3. The van der Waals surface area contributed by atoms with Gasteiger partial charge in [-0.3, -0.25) is 9.88 Å². The Balaban J connectivity index is 1.27. The van der Waals surface area contributed by atoms with Crippen molar-refractivity contribution in [2.45, 2.75) is 38.6 Å². The number of hydrogen-bond donors (Lipinski definition) is 0. The fraction of sp³-hybridized carbons (Fsp3) is 0.310. The number of piperidine rings is 1. The van der Waals surface area contributed by atoms with Crippen molar-refractivity contribution in [1.82, 2.24) is 14.9 Å². The Morgan fingerprint density at radius 2 is 1.68 bits per heavy atom. The van der Waals surface area contributed by atoms with Crippen LogP contribution in [0, 0.1) is 13.8 Å². The molecule has 34 heavy (non-hydrogen) atoms. The molecule has 0 bridgehead atoms. The van der Waals surface area contributed by atoms with E-state index in [0.29, 0.717) is 0 Å². The van der Waals surface area contributed by atoms with E-state index >= 15 is 0 Å². The lowest BCUT2D eigenvalue weighted by atomic mass is 9.74. The van der Waals surface area contributed by atoms with Gasteiger partial charge < -0.3 is 4.90 Å². The number of hydrogen-bond acceptors (Lipinski definition) is 5. The van der Waals surface area contributed by atoms with E-state index in [0.717, 1.165) is 36.9 Å². The van der Waals surface area contributed by atoms with Gasteiger partial charge in [0.1, 0.15) is 10.0 Å². The van der Waals surface area contributed by atoms with Crippen LogP contribution in [0.25, 0.3) is 10.6 Å². The Kier molecular flexibility index (Phi) is 5.47. The third kappa shape index (κ3) is 3.73. The van der Waals surface area contributed by atoms with Crippen molar-refractivity contribution in [3.8, 4) is 10.6 Å². The predicted octanol–water partition coefficient (Wildman–Crippen LogP) is 6.51. The number of rotatable bonds is 4. The molecule has 1 saturated heterocycles. The summed E-state index contributed by atoms with van der Waals surface area (Å²) in [5, 5.41) is 2.39. The SMILES string of the molecule is Cc1cccnc1CN1CCC2(CC1)CN(c1sc(-c3ccccc3)nc1C)c1ccccc12. The van der Waals surface area contributed by atoms with E-state index in [1.165, 1.54) is 45.9 Å². The molecule has 0 unspecified atom stereocenters. The van der Waals surface area contributed by atoms with E-state index in [9.17, 15) is 0 Å². The van der Waals surface area contributed by atoms with Gasteiger partial charge in [0.15, 0.2) is 0 Å². The van der Waals surface area contributed by atoms with Crippen LogP contribution >= 0.6 is 11.3 Å². The summed E-state index contributed by atoms with van der Waals surface area (Å²) in [6, 6.07) is 23.8. The van der Waals surface area contributed by atoms with E-state index in [-0.39, 0.29) is 5.41 Å². The topological polar surface area (TPSA) is 32.3 Å². The lowest BCUT2D eigenvalue weighted by Crippen LogP contribution is -2.44. The van der Waals surface area contributed by atoms with Gasteiger partial charge in [-0.2, -0.15) is 0 Å². The van der Waals surface area contributed by atoms with Gasteiger partial charge in [0.25, 0.3) is 0 Å². The van der Waals surface area contributed by atoms with Gasteiger partial charge in [0, 0.05) is 36.0 Å². The second-order valence-corrected chi connectivity index (χ2v) is 10.7. The van der Waals surface area contributed by atoms with Crippen LogP contribution in [0.15, 0.2) is 72.9 Å². The fourth-order valence-corrected chi connectivity index (χ4v) is 6.70. The zero-order chi connectivity index (χ0) is 23.1. The first-order chi connectivity index (χ1) is 16.6. The molecule has 0 amide bonds. The Morgan fingerprint density at radius 3 is 2.47 bits per heavy atom. The first kappa shape index (κ1) is 21.5. The maximum Gasteiger partial charge on any atom is 0.125 e. The maximum absolute atomic E-state index is 4.96. The van der Waals surface area contributed by atoms with Gasteiger partial charge in [-0.25, -0.2) is 4.98 Å². The number of nitrogens with zero attached hydrogens (tertiary/aromatic N) is 4. The smallest absolute Gasteiger partial charge is 0.125 e. The Bertz CT molecular complexity index is 1300. The summed E-state index contributed by atoms with van der Waals surface area (Å²) in [5.41, 5.74) is 7.90. The van der Waals surface area contributed by atoms with E-state index in [1.54, 1.807) is 0 Å². The average Bonchev–Trinajstić information content (AvgIpc) is 3.41. The molecule has 0 radical (unpaired) electrons.